The molecule has 0 bridgehead atoms. The minimum Gasteiger partial charge on any atom is -0.392 e. The molecule has 1 N–H and O–H groups in total. The Balaban J connectivity index is 2.25. The van der Waals surface area contributed by atoms with Gasteiger partial charge in [-0.3, -0.25) is 0 Å². The highest BCUT2D eigenvalue weighted by atomic mass is 32.2. The van der Waals surface area contributed by atoms with Crippen molar-refractivity contribution in [2.45, 2.75) is 30.6 Å². The molecule has 0 amide bonds. The summed E-state index contributed by atoms with van der Waals surface area (Å²) in [5.74, 6) is 0.538. The van der Waals surface area contributed by atoms with Crippen molar-refractivity contribution in [2.24, 2.45) is 5.92 Å². The Morgan fingerprint density at radius 3 is 2.67 bits per heavy atom. The fourth-order valence-electron chi connectivity index (χ4n) is 2.30. The highest BCUT2D eigenvalue weighted by Crippen LogP contribution is 2.31. The van der Waals surface area contributed by atoms with Gasteiger partial charge in [0, 0.05) is 16.5 Å². The van der Waals surface area contributed by atoms with Gasteiger partial charge in [0.05, 0.1) is 11.5 Å². The van der Waals surface area contributed by atoms with Gasteiger partial charge in [0.1, 0.15) is 0 Å². The molecule has 5 heteroatoms. The van der Waals surface area contributed by atoms with Crippen LogP contribution in [0.4, 0.5) is 0 Å². The van der Waals surface area contributed by atoms with Crippen LogP contribution in [0.5, 0.6) is 0 Å². The van der Waals surface area contributed by atoms with E-state index in [1.807, 2.05) is 0 Å². The third kappa shape index (κ3) is 3.22. The van der Waals surface area contributed by atoms with E-state index < -0.39 is 9.84 Å². The predicted molar refractivity (Wildman–Crippen MR) is 74.4 cm³/mol. The van der Waals surface area contributed by atoms with Crippen molar-refractivity contribution >= 4 is 26.7 Å². The summed E-state index contributed by atoms with van der Waals surface area (Å²) >= 11 is 1.39. The van der Waals surface area contributed by atoms with Gasteiger partial charge in [-0.25, -0.2) is 8.42 Å². The zero-order valence-electron chi connectivity index (χ0n) is 10.4. The Morgan fingerprint density at radius 1 is 1.50 bits per heavy atom. The van der Waals surface area contributed by atoms with Crippen LogP contribution in [0.25, 0.3) is 5.57 Å². The van der Waals surface area contributed by atoms with Crippen LogP contribution in [0.3, 0.4) is 0 Å². The minimum absolute atomic E-state index is 0.0276. The predicted octanol–water partition coefficient (Wildman–Crippen LogP) is 2.72. The second-order valence-corrected chi connectivity index (χ2v) is 7.74. The van der Waals surface area contributed by atoms with Crippen LogP contribution >= 0.6 is 11.3 Å². The normalized spacial score (nSPS) is 18.4. The van der Waals surface area contributed by atoms with Crippen LogP contribution in [-0.4, -0.2) is 26.4 Å². The molecule has 0 aromatic carbocycles. The van der Waals surface area contributed by atoms with Gasteiger partial charge in [0.2, 0.25) is 0 Å². The first kappa shape index (κ1) is 13.8. The molecule has 1 saturated carbocycles. The van der Waals surface area contributed by atoms with Crippen molar-refractivity contribution in [3.63, 3.8) is 0 Å². The number of allylic oxidation sites excluding steroid dienone is 1. The number of hydrogen-bond acceptors (Lipinski definition) is 4. The summed E-state index contributed by atoms with van der Waals surface area (Å²) in [6.45, 7) is -0.0276. The quantitative estimate of drug-likeness (QED) is 0.926. The Bertz CT molecular complexity index is 534. The van der Waals surface area contributed by atoms with Crippen molar-refractivity contribution in [3.8, 4) is 0 Å². The molecule has 0 saturated heterocycles. The van der Waals surface area contributed by atoms with Crippen molar-refractivity contribution in [1.82, 2.24) is 0 Å². The lowest BCUT2D eigenvalue weighted by atomic mass is 10.0. The number of aliphatic hydroxyl groups excluding tert-OH is 1. The molecule has 1 aliphatic rings. The van der Waals surface area contributed by atoms with Crippen LogP contribution in [0.2, 0.25) is 0 Å². The van der Waals surface area contributed by atoms with Gasteiger partial charge in [-0.05, 0) is 30.4 Å². The monoisotopic (exact) mass is 286 g/mol. The summed E-state index contributed by atoms with van der Waals surface area (Å²) < 4.78 is 22.9. The topological polar surface area (TPSA) is 54.4 Å². The minimum atomic E-state index is -3.15. The lowest BCUT2D eigenvalue weighted by Crippen LogP contribution is -1.96. The molecule has 1 aromatic rings. The molecule has 0 unspecified atom stereocenters. The van der Waals surface area contributed by atoms with E-state index in [4.69, 9.17) is 0 Å². The maximum Gasteiger partial charge on any atom is 0.176 e. The molecule has 0 spiro atoms. The van der Waals surface area contributed by atoms with Crippen LogP contribution in [0.15, 0.2) is 22.4 Å². The van der Waals surface area contributed by atoms with Gasteiger partial charge in [0.15, 0.2) is 9.84 Å². The summed E-state index contributed by atoms with van der Waals surface area (Å²) in [4.78, 5) is 1.21. The van der Waals surface area contributed by atoms with E-state index in [-0.39, 0.29) is 6.61 Å². The fourth-order valence-corrected chi connectivity index (χ4v) is 4.34. The van der Waals surface area contributed by atoms with Gasteiger partial charge >= 0.3 is 0 Å². The molecule has 0 radical (unpaired) electrons. The van der Waals surface area contributed by atoms with Gasteiger partial charge in [0.25, 0.3) is 0 Å². The second-order valence-electron chi connectivity index (χ2n) is 4.81. The van der Waals surface area contributed by atoms with E-state index in [9.17, 15) is 13.5 Å². The first-order valence-corrected chi connectivity index (χ1v) is 8.88. The molecular formula is C13H18O3S2. The molecule has 0 aliphatic heterocycles. The molecule has 1 heterocycles. The fraction of sp³-hybridized carbons (Fsp3) is 0.538. The largest absolute Gasteiger partial charge is 0.392 e. The smallest absolute Gasteiger partial charge is 0.176 e. The molecule has 3 nitrogen and oxygen atoms in total. The summed E-state index contributed by atoms with van der Waals surface area (Å²) in [6.07, 6.45) is 8.17. The first-order chi connectivity index (χ1) is 8.50. The lowest BCUT2D eigenvalue weighted by molar-refractivity contribution is 0.349. The third-order valence-corrected chi connectivity index (χ3v) is 5.57. The maximum atomic E-state index is 11.4. The molecular weight excluding hydrogens is 268 g/mol. The van der Waals surface area contributed by atoms with Crippen LogP contribution < -0.4 is 0 Å². The molecule has 2 rings (SSSR count). The van der Waals surface area contributed by atoms with Crippen molar-refractivity contribution in [2.75, 3.05) is 12.9 Å². The Kier molecular flexibility index (Phi) is 4.25. The summed E-state index contributed by atoms with van der Waals surface area (Å²) in [7, 11) is -3.15. The molecule has 1 aliphatic carbocycles. The standard InChI is InChI=1S/C13H18O3S2/c1-18(15,16)12-7-13(17-9-12)11(8-14)6-10-4-2-3-5-10/h6-7,9-10,14H,2-5,8H2,1H3/b11-6-. The Labute approximate surface area is 112 Å². The summed E-state index contributed by atoms with van der Waals surface area (Å²) in [6, 6.07) is 1.66. The average Bonchev–Trinajstić information content (AvgIpc) is 2.95. The summed E-state index contributed by atoms with van der Waals surface area (Å²) in [5, 5.41) is 11.1. The van der Waals surface area contributed by atoms with E-state index in [1.165, 1.54) is 43.3 Å². The lowest BCUT2D eigenvalue weighted by Gasteiger charge is -2.06. The number of thiophene rings is 1. The van der Waals surface area contributed by atoms with Gasteiger partial charge in [-0.1, -0.05) is 18.9 Å². The second kappa shape index (κ2) is 5.55. The third-order valence-electron chi connectivity index (χ3n) is 3.33. The van der Waals surface area contributed by atoms with Crippen molar-refractivity contribution < 1.29 is 13.5 Å². The molecule has 0 atom stereocenters. The molecule has 18 heavy (non-hydrogen) atoms. The number of rotatable bonds is 4. The van der Waals surface area contributed by atoms with E-state index in [2.05, 4.69) is 6.08 Å². The van der Waals surface area contributed by atoms with Gasteiger partial charge in [-0.2, -0.15) is 0 Å². The zero-order chi connectivity index (χ0) is 13.2. The zero-order valence-corrected chi connectivity index (χ0v) is 12.1. The maximum absolute atomic E-state index is 11.4. The van der Waals surface area contributed by atoms with Crippen molar-refractivity contribution in [1.29, 1.82) is 0 Å². The van der Waals surface area contributed by atoms with E-state index >= 15 is 0 Å². The molecule has 100 valence electrons. The number of aliphatic hydroxyl groups is 1. The van der Waals surface area contributed by atoms with E-state index in [0.717, 1.165) is 10.5 Å². The van der Waals surface area contributed by atoms with Crippen LogP contribution in [0, 0.1) is 5.92 Å². The highest BCUT2D eigenvalue weighted by Gasteiger charge is 2.16. The first-order valence-electron chi connectivity index (χ1n) is 6.11. The van der Waals surface area contributed by atoms with Gasteiger partial charge < -0.3 is 5.11 Å². The van der Waals surface area contributed by atoms with E-state index in [0.29, 0.717) is 10.8 Å². The SMILES string of the molecule is CS(=O)(=O)c1csc(/C(=C\C2CCCC2)CO)c1. The van der Waals surface area contributed by atoms with Crippen LogP contribution in [-0.2, 0) is 9.84 Å². The average molecular weight is 286 g/mol. The van der Waals surface area contributed by atoms with Gasteiger partial charge in [-0.15, -0.1) is 11.3 Å². The highest BCUT2D eigenvalue weighted by molar-refractivity contribution is 7.90. The molecule has 1 aromatic heterocycles. The number of hydrogen-bond donors (Lipinski definition) is 1. The van der Waals surface area contributed by atoms with E-state index in [1.54, 1.807) is 11.4 Å². The number of sulfone groups is 1. The Hall–Kier alpha value is -0.650. The summed E-state index contributed by atoms with van der Waals surface area (Å²) in [5.41, 5.74) is 0.863. The van der Waals surface area contributed by atoms with Crippen molar-refractivity contribution in [3.05, 3.63) is 22.4 Å². The Morgan fingerprint density at radius 2 is 2.17 bits per heavy atom. The molecule has 1 fully saturated rings. The van der Waals surface area contributed by atoms with Crippen LogP contribution in [0.1, 0.15) is 30.6 Å².